The standard InChI is InChI=1S/C34H34Cl2GeN2O2/c1-21-17-23(3)33-29(19-21)25(5)38-31(27-13-9-7-10-14-27)32(28-15-11-8-12-16-28)39-26(6)30-20-22(2)18-24(4)34(30)41-37(35,36)40-33/h7-20,31-32H,1-6H3/t31-,32-/m1/s1. The Balaban J connectivity index is 1.86. The van der Waals surface area contributed by atoms with E-state index in [0.29, 0.717) is 11.5 Å². The number of nitrogens with zero attached hydrogens (tertiary/aromatic N) is 2. The van der Waals surface area contributed by atoms with Gasteiger partial charge >= 0.3 is 256 Å². The molecule has 4 aromatic carbocycles. The molecular weight excluding hydrogens is 612 g/mol. The molecule has 41 heavy (non-hydrogen) atoms. The van der Waals surface area contributed by atoms with E-state index in [1.165, 1.54) is 0 Å². The summed E-state index contributed by atoms with van der Waals surface area (Å²) < 4.78 is 12.9. The molecule has 2 atom stereocenters. The predicted octanol–water partition coefficient (Wildman–Crippen LogP) is 9.41. The summed E-state index contributed by atoms with van der Waals surface area (Å²) >= 11 is -4.39. The third-order valence-corrected chi connectivity index (χ3v) is 10.8. The molecule has 0 unspecified atom stereocenters. The molecule has 0 radical (unpaired) electrons. The van der Waals surface area contributed by atoms with Crippen molar-refractivity contribution in [2.24, 2.45) is 9.98 Å². The maximum atomic E-state index is 6.96. The Labute approximate surface area is 254 Å². The van der Waals surface area contributed by atoms with Crippen LogP contribution in [0.4, 0.5) is 0 Å². The fraction of sp³-hybridized carbons (Fsp3) is 0.235. The molecule has 4 aromatic rings. The Morgan fingerprint density at radius 1 is 0.561 bits per heavy atom. The van der Waals surface area contributed by atoms with E-state index in [1.807, 2.05) is 64.1 Å². The zero-order valence-corrected chi connectivity index (χ0v) is 27.8. The summed E-state index contributed by atoms with van der Waals surface area (Å²) in [5.41, 5.74) is 9.47. The van der Waals surface area contributed by atoms with Crippen LogP contribution in [0.2, 0.25) is 0 Å². The van der Waals surface area contributed by atoms with E-state index in [2.05, 4.69) is 62.4 Å². The van der Waals surface area contributed by atoms with Crippen LogP contribution in [0.1, 0.15) is 70.4 Å². The Bertz CT molecular complexity index is 1520. The average Bonchev–Trinajstić information content (AvgIpc) is 2.94. The van der Waals surface area contributed by atoms with Crippen molar-refractivity contribution in [2.45, 2.75) is 53.6 Å². The van der Waals surface area contributed by atoms with Gasteiger partial charge in [-0.3, -0.25) is 0 Å². The van der Waals surface area contributed by atoms with Crippen LogP contribution in [-0.2, 0) is 0 Å². The number of benzene rings is 4. The molecule has 0 saturated carbocycles. The van der Waals surface area contributed by atoms with Crippen LogP contribution in [0.15, 0.2) is 94.9 Å². The number of hydrogen-bond donors (Lipinski definition) is 0. The first kappa shape index (κ1) is 29.4. The molecule has 1 aliphatic rings. The molecule has 0 fully saturated rings. The second-order valence-corrected chi connectivity index (χ2v) is 19.7. The van der Waals surface area contributed by atoms with Crippen LogP contribution < -0.4 is 7.53 Å². The summed E-state index contributed by atoms with van der Waals surface area (Å²) in [5.74, 6) is 1.21. The van der Waals surface area contributed by atoms with Crippen LogP contribution in [0, 0.1) is 27.7 Å². The summed E-state index contributed by atoms with van der Waals surface area (Å²) in [5, 5.41) is 0. The Morgan fingerprint density at radius 2 is 0.927 bits per heavy atom. The fourth-order valence-electron chi connectivity index (χ4n) is 5.49. The van der Waals surface area contributed by atoms with Crippen molar-refractivity contribution in [2.75, 3.05) is 0 Å². The number of fused-ring (bicyclic) bond motifs is 2. The molecule has 7 heteroatoms. The summed E-state index contributed by atoms with van der Waals surface area (Å²) in [6, 6.07) is 28.3. The first-order valence-electron chi connectivity index (χ1n) is 13.7. The van der Waals surface area contributed by atoms with Gasteiger partial charge in [-0.1, -0.05) is 0 Å². The summed E-state index contributed by atoms with van der Waals surface area (Å²) in [6.07, 6.45) is 0. The maximum absolute atomic E-state index is 6.96. The van der Waals surface area contributed by atoms with E-state index in [-0.39, 0.29) is 12.1 Å². The minimum atomic E-state index is -4.39. The van der Waals surface area contributed by atoms with Crippen molar-refractivity contribution in [1.82, 2.24) is 0 Å². The molecule has 0 saturated heterocycles. The molecule has 0 aliphatic carbocycles. The van der Waals surface area contributed by atoms with Gasteiger partial charge in [-0.25, -0.2) is 0 Å². The molecule has 4 nitrogen and oxygen atoms in total. The van der Waals surface area contributed by atoms with Crippen LogP contribution in [0.3, 0.4) is 0 Å². The summed E-state index contributed by atoms with van der Waals surface area (Å²) in [6.45, 7) is 12.1. The molecule has 0 spiro atoms. The molecule has 1 heterocycles. The molecular formula is C34H34Cl2GeN2O2. The topological polar surface area (TPSA) is 43.2 Å². The van der Waals surface area contributed by atoms with Gasteiger partial charge < -0.3 is 0 Å². The third-order valence-electron chi connectivity index (χ3n) is 7.31. The zero-order chi connectivity index (χ0) is 29.3. The quantitative estimate of drug-likeness (QED) is 0.204. The molecule has 210 valence electrons. The van der Waals surface area contributed by atoms with Gasteiger partial charge in [0.1, 0.15) is 0 Å². The Morgan fingerprint density at radius 3 is 1.29 bits per heavy atom. The number of halogens is 2. The summed E-state index contributed by atoms with van der Waals surface area (Å²) in [7, 11) is 13.9. The normalized spacial score (nSPS) is 18.6. The van der Waals surface area contributed by atoms with Gasteiger partial charge in [0, 0.05) is 0 Å². The second kappa shape index (κ2) is 12.0. The molecule has 0 aromatic heterocycles. The SMILES string of the molecule is CC1=N[C@H](c2ccccc2)[C@@H](c2ccccc2)N=C(C)c2cc(C)cc(C)c2[O][Ge]([Cl])([Cl])[O]c2c(C)cc(C)cc21. The van der Waals surface area contributed by atoms with Crippen LogP contribution in [-0.4, -0.2) is 23.5 Å². The van der Waals surface area contributed by atoms with Crippen molar-refractivity contribution in [3.63, 3.8) is 0 Å². The van der Waals surface area contributed by atoms with Gasteiger partial charge in [0.2, 0.25) is 0 Å². The molecule has 0 bridgehead atoms. The van der Waals surface area contributed by atoms with Crippen molar-refractivity contribution in [3.05, 3.63) is 129 Å². The van der Waals surface area contributed by atoms with E-state index in [1.54, 1.807) is 0 Å². The van der Waals surface area contributed by atoms with E-state index >= 15 is 0 Å². The van der Waals surface area contributed by atoms with Crippen molar-refractivity contribution in [1.29, 1.82) is 0 Å². The van der Waals surface area contributed by atoms with Crippen molar-refractivity contribution in [3.8, 4) is 11.5 Å². The van der Waals surface area contributed by atoms with Gasteiger partial charge in [0.05, 0.1) is 0 Å². The van der Waals surface area contributed by atoms with E-state index in [4.69, 9.17) is 37.5 Å². The zero-order valence-electron chi connectivity index (χ0n) is 24.2. The van der Waals surface area contributed by atoms with Crippen LogP contribution >= 0.6 is 20.0 Å². The van der Waals surface area contributed by atoms with Gasteiger partial charge in [0.25, 0.3) is 0 Å². The van der Waals surface area contributed by atoms with Crippen molar-refractivity contribution < 1.29 is 7.53 Å². The van der Waals surface area contributed by atoms with Crippen LogP contribution in [0.25, 0.3) is 0 Å². The predicted molar refractivity (Wildman–Crippen MR) is 173 cm³/mol. The first-order valence-corrected chi connectivity index (χ1v) is 20.9. The van der Waals surface area contributed by atoms with Crippen LogP contribution in [0.5, 0.6) is 11.5 Å². The van der Waals surface area contributed by atoms with Gasteiger partial charge in [-0.15, -0.1) is 0 Å². The minimum absolute atomic E-state index is 0.309. The number of aliphatic imine (C=N–C) groups is 2. The van der Waals surface area contributed by atoms with E-state index < -0.39 is 12.1 Å². The number of rotatable bonds is 2. The molecule has 0 N–H and O–H groups in total. The van der Waals surface area contributed by atoms with Gasteiger partial charge in [-0.05, 0) is 0 Å². The number of aryl methyl sites for hydroxylation is 4. The van der Waals surface area contributed by atoms with Gasteiger partial charge in [-0.2, -0.15) is 0 Å². The van der Waals surface area contributed by atoms with E-state index in [0.717, 1.165) is 55.9 Å². The molecule has 0 amide bonds. The first-order chi connectivity index (χ1) is 19.5. The Kier molecular flexibility index (Phi) is 8.65. The van der Waals surface area contributed by atoms with Gasteiger partial charge in [0.15, 0.2) is 0 Å². The number of hydrogen-bond acceptors (Lipinski definition) is 4. The fourth-order valence-corrected chi connectivity index (χ4v) is 9.31. The van der Waals surface area contributed by atoms with Crippen molar-refractivity contribution >= 4 is 43.5 Å². The second-order valence-electron chi connectivity index (χ2n) is 10.7. The average molecular weight is 646 g/mol. The molecule has 5 rings (SSSR count). The third kappa shape index (κ3) is 6.56. The molecule has 1 aliphatic heterocycles. The van der Waals surface area contributed by atoms with E-state index in [9.17, 15) is 0 Å². The summed E-state index contributed by atoms with van der Waals surface area (Å²) in [4.78, 5) is 10.8. The Hall–Kier alpha value is -3.06. The monoisotopic (exact) mass is 646 g/mol.